The van der Waals surface area contributed by atoms with Gasteiger partial charge in [-0.15, -0.1) is 3.89 Å². The standard InChI is InChI=1S/FH3N2OS/c1-5(2,3)4/h(H3,2,3,4). The van der Waals surface area contributed by atoms with Crippen LogP contribution in [0.25, 0.3) is 0 Å². The lowest BCUT2D eigenvalue weighted by Crippen LogP contribution is -1.99. The quantitative estimate of drug-likeness (QED) is 0.404. The Morgan fingerprint density at radius 3 is 2.00 bits per heavy atom. The summed E-state index contributed by atoms with van der Waals surface area (Å²) in [5.41, 5.74) is 0. The summed E-state index contributed by atoms with van der Waals surface area (Å²) in [7, 11) is -4.17. The normalized spacial score (nSPS) is 21.2. The highest BCUT2D eigenvalue weighted by molar-refractivity contribution is 7.85. The molecule has 0 aliphatic rings. The third-order valence-electron chi connectivity index (χ3n) is 0. The van der Waals surface area contributed by atoms with Crippen LogP contribution in [0.3, 0.4) is 0 Å². The molecule has 5 heavy (non-hydrogen) atoms. The molecule has 1 unspecified atom stereocenters. The second-order valence-electron chi connectivity index (χ2n) is 0.527. The second-order valence-corrected chi connectivity index (χ2v) is 1.58. The molecule has 0 aromatic carbocycles. The van der Waals surface area contributed by atoms with Crippen molar-refractivity contribution in [1.82, 2.24) is 0 Å². The Balaban J connectivity index is 4.06. The average molecular weight is 98.1 g/mol. The Kier molecular flexibility index (Phi) is 0.879. The molecule has 0 aliphatic carbocycles. The predicted octanol–water partition coefficient (Wildman–Crippen LogP) is -0.209. The van der Waals surface area contributed by atoms with Gasteiger partial charge in [0.15, 0.2) is 0 Å². The van der Waals surface area contributed by atoms with Gasteiger partial charge in [0.05, 0.1) is 0 Å². The first-order valence-electron chi connectivity index (χ1n) is 0.761. The van der Waals surface area contributed by atoms with Gasteiger partial charge in [-0.1, -0.05) is 0 Å². The van der Waals surface area contributed by atoms with Crippen molar-refractivity contribution >= 4 is 10.3 Å². The van der Waals surface area contributed by atoms with Crippen molar-refractivity contribution in [3.63, 3.8) is 0 Å². The van der Waals surface area contributed by atoms with Crippen LogP contribution in [0.15, 0.2) is 0 Å². The van der Waals surface area contributed by atoms with Crippen LogP contribution in [0, 0.1) is 4.78 Å². The Bertz CT molecular complexity index is 92.8. The van der Waals surface area contributed by atoms with Crippen LogP contribution in [0.5, 0.6) is 0 Å². The Labute approximate surface area is 29.4 Å². The summed E-state index contributed by atoms with van der Waals surface area (Å²) in [5, 5.41) is 3.88. The summed E-state index contributed by atoms with van der Waals surface area (Å²) in [5.74, 6) is 0. The van der Waals surface area contributed by atoms with Crippen molar-refractivity contribution in [2.24, 2.45) is 5.14 Å². The van der Waals surface area contributed by atoms with Crippen molar-refractivity contribution in [2.45, 2.75) is 0 Å². The molecule has 0 bridgehead atoms. The van der Waals surface area contributed by atoms with Gasteiger partial charge in [-0.2, -0.15) is 4.21 Å². The summed E-state index contributed by atoms with van der Waals surface area (Å²) in [6.07, 6.45) is 0. The molecule has 32 valence electrons. The first-order chi connectivity index (χ1) is 2.00. The van der Waals surface area contributed by atoms with Crippen LogP contribution < -0.4 is 5.14 Å². The minimum atomic E-state index is -4.17. The largest absolute Gasteiger partial charge is 0.263 e. The van der Waals surface area contributed by atoms with Gasteiger partial charge in [0.2, 0.25) is 0 Å². The van der Waals surface area contributed by atoms with E-state index >= 15 is 0 Å². The lowest BCUT2D eigenvalue weighted by Gasteiger charge is -1.70. The van der Waals surface area contributed by atoms with Crippen LogP contribution in [-0.4, -0.2) is 4.21 Å². The van der Waals surface area contributed by atoms with Crippen LogP contribution in [-0.2, 0) is 10.3 Å². The molecule has 5 heteroatoms. The fourth-order valence-electron chi connectivity index (χ4n) is 0. The van der Waals surface area contributed by atoms with E-state index < -0.39 is 10.3 Å². The lowest BCUT2D eigenvalue weighted by atomic mass is 13.9. The Morgan fingerprint density at radius 2 is 2.00 bits per heavy atom. The van der Waals surface area contributed by atoms with Crippen LogP contribution in [0.4, 0.5) is 3.89 Å². The average Bonchev–Trinajstić information content (AvgIpc) is 0.722. The minimum Gasteiger partial charge on any atom is -0.219 e. The van der Waals surface area contributed by atoms with Crippen molar-refractivity contribution in [1.29, 1.82) is 4.78 Å². The highest BCUT2D eigenvalue weighted by Gasteiger charge is 1.79. The second kappa shape index (κ2) is 0.908. The van der Waals surface area contributed by atoms with Crippen molar-refractivity contribution < 1.29 is 8.09 Å². The Morgan fingerprint density at radius 1 is 2.00 bits per heavy atom. The zero-order valence-electron chi connectivity index (χ0n) is 2.27. The van der Waals surface area contributed by atoms with Crippen LogP contribution >= 0.6 is 0 Å². The van der Waals surface area contributed by atoms with Gasteiger partial charge >= 0.3 is 0 Å². The molecule has 0 saturated carbocycles. The fraction of sp³-hybridized carbons (Fsp3) is 0. The van der Waals surface area contributed by atoms with Gasteiger partial charge in [0, 0.05) is 0 Å². The number of nitrogens with two attached hydrogens (primary N) is 1. The van der Waals surface area contributed by atoms with Gasteiger partial charge < -0.3 is 0 Å². The third-order valence-corrected chi connectivity index (χ3v) is 0. The van der Waals surface area contributed by atoms with E-state index in [1.807, 2.05) is 0 Å². The number of rotatable bonds is 0. The lowest BCUT2D eigenvalue weighted by molar-refractivity contribution is 0.638. The molecule has 0 heterocycles. The van der Waals surface area contributed by atoms with Gasteiger partial charge in [-0.05, 0) is 0 Å². The number of hydrogen-bond donors (Lipinski definition) is 2. The molecule has 0 aromatic heterocycles. The molecule has 0 spiro atoms. The highest BCUT2D eigenvalue weighted by Crippen LogP contribution is 1.70. The summed E-state index contributed by atoms with van der Waals surface area (Å²) in [4.78, 5) is 0. The zero-order chi connectivity index (χ0) is 4.50. The van der Waals surface area contributed by atoms with E-state index in [2.05, 4.69) is 5.14 Å². The van der Waals surface area contributed by atoms with E-state index in [-0.39, 0.29) is 0 Å². The van der Waals surface area contributed by atoms with Gasteiger partial charge in [0.25, 0.3) is 10.3 Å². The molecular weight excluding hydrogens is 95.1 g/mol. The van der Waals surface area contributed by atoms with E-state index in [1.165, 1.54) is 0 Å². The summed E-state index contributed by atoms with van der Waals surface area (Å²) in [6, 6.07) is 0. The molecule has 1 atom stereocenters. The van der Waals surface area contributed by atoms with Crippen molar-refractivity contribution in [3.05, 3.63) is 0 Å². The van der Waals surface area contributed by atoms with Gasteiger partial charge in [-0.3, -0.25) is 0 Å². The maximum Gasteiger partial charge on any atom is 0.263 e. The molecule has 0 aromatic rings. The first kappa shape index (κ1) is 4.84. The first-order valence-corrected chi connectivity index (χ1v) is 2.28. The molecule has 0 saturated heterocycles. The summed E-state index contributed by atoms with van der Waals surface area (Å²) >= 11 is 0. The van der Waals surface area contributed by atoms with Crippen molar-refractivity contribution in [3.8, 4) is 0 Å². The van der Waals surface area contributed by atoms with Gasteiger partial charge in [0.1, 0.15) is 0 Å². The molecule has 0 radical (unpaired) electrons. The fourth-order valence-corrected chi connectivity index (χ4v) is 0. The maximum absolute atomic E-state index is 10.7. The minimum absolute atomic E-state index is 3.88. The Hall–Kier alpha value is -0.160. The molecule has 0 rings (SSSR count). The van der Waals surface area contributed by atoms with Gasteiger partial charge in [-0.25, -0.2) is 9.92 Å². The molecule has 3 N–H and O–H groups in total. The topological polar surface area (TPSA) is 66.9 Å². The molecule has 0 amide bonds. The number of nitrogens with one attached hydrogen (secondary N) is 1. The SMILES string of the molecule is N=S(N)(=O)F. The zero-order valence-corrected chi connectivity index (χ0v) is 3.09. The monoisotopic (exact) mass is 98.0 g/mol. The molecular formula is H3FN2OS. The predicted molar refractivity (Wildman–Crippen MR) is 16.2 cm³/mol. The van der Waals surface area contributed by atoms with E-state index in [1.54, 1.807) is 0 Å². The van der Waals surface area contributed by atoms with Crippen LogP contribution in [0.1, 0.15) is 0 Å². The number of halogens is 1. The third kappa shape index (κ3) is 508. The number of hydrogen-bond acceptors (Lipinski definition) is 2. The molecule has 3 nitrogen and oxygen atoms in total. The maximum atomic E-state index is 10.7. The van der Waals surface area contributed by atoms with Crippen LogP contribution in [0.2, 0.25) is 0 Å². The van der Waals surface area contributed by atoms with E-state index in [0.29, 0.717) is 0 Å². The molecule has 0 fully saturated rings. The van der Waals surface area contributed by atoms with E-state index in [0.717, 1.165) is 0 Å². The smallest absolute Gasteiger partial charge is 0.219 e. The van der Waals surface area contributed by atoms with E-state index in [4.69, 9.17) is 8.99 Å². The summed E-state index contributed by atoms with van der Waals surface area (Å²) in [6.45, 7) is 0. The highest BCUT2D eigenvalue weighted by atomic mass is 32.3. The van der Waals surface area contributed by atoms with E-state index in [9.17, 15) is 3.89 Å². The van der Waals surface area contributed by atoms with Crippen molar-refractivity contribution in [2.75, 3.05) is 0 Å². The summed E-state index contributed by atoms with van der Waals surface area (Å²) < 4.78 is 25.2. The molecule has 0 aliphatic heterocycles.